The highest BCUT2D eigenvalue weighted by molar-refractivity contribution is 7.99. The highest BCUT2D eigenvalue weighted by Crippen LogP contribution is 2.26. The first-order valence-corrected chi connectivity index (χ1v) is 10.4. The second-order valence-electron chi connectivity index (χ2n) is 6.07. The maximum atomic E-state index is 13.1. The number of benzene rings is 2. The maximum absolute atomic E-state index is 13.1. The number of anilines is 1. The molecule has 10 heteroatoms. The fourth-order valence-electron chi connectivity index (χ4n) is 2.59. The van der Waals surface area contributed by atoms with Crippen LogP contribution in [-0.2, 0) is 17.9 Å². The van der Waals surface area contributed by atoms with Gasteiger partial charge in [0.2, 0.25) is 5.91 Å². The van der Waals surface area contributed by atoms with Crippen LogP contribution in [-0.4, -0.2) is 33.5 Å². The first kappa shape index (κ1) is 21.9. The molecule has 0 unspecified atom stereocenters. The lowest BCUT2D eigenvalue weighted by Gasteiger charge is -2.10. The molecular formula is C20H20ClFN4O3S. The summed E-state index contributed by atoms with van der Waals surface area (Å²) in [5.74, 6) is 1.24. The molecule has 0 saturated heterocycles. The van der Waals surface area contributed by atoms with Crippen LogP contribution in [0.15, 0.2) is 47.6 Å². The number of rotatable bonds is 9. The van der Waals surface area contributed by atoms with Crippen LogP contribution < -0.4 is 14.8 Å². The Labute approximate surface area is 182 Å². The summed E-state index contributed by atoms with van der Waals surface area (Å²) in [5.41, 5.74) is 0.684. The van der Waals surface area contributed by atoms with E-state index in [-0.39, 0.29) is 23.3 Å². The first-order valence-electron chi connectivity index (χ1n) is 9.06. The zero-order valence-corrected chi connectivity index (χ0v) is 18.0. The van der Waals surface area contributed by atoms with Crippen LogP contribution in [0.2, 0.25) is 5.02 Å². The van der Waals surface area contributed by atoms with E-state index in [2.05, 4.69) is 15.5 Å². The van der Waals surface area contributed by atoms with E-state index in [4.69, 9.17) is 21.1 Å². The average molecular weight is 451 g/mol. The van der Waals surface area contributed by atoms with E-state index in [1.165, 1.54) is 30.0 Å². The third-order valence-corrected chi connectivity index (χ3v) is 5.33. The van der Waals surface area contributed by atoms with Gasteiger partial charge in [0, 0.05) is 12.2 Å². The van der Waals surface area contributed by atoms with Crippen molar-refractivity contribution in [1.29, 1.82) is 0 Å². The molecule has 158 valence electrons. The fraction of sp³-hybridized carbons (Fsp3) is 0.250. The molecule has 30 heavy (non-hydrogen) atoms. The lowest BCUT2D eigenvalue weighted by atomic mass is 10.3. The summed E-state index contributed by atoms with van der Waals surface area (Å²) >= 11 is 7.25. The molecule has 3 rings (SSSR count). The van der Waals surface area contributed by atoms with E-state index in [0.29, 0.717) is 29.0 Å². The second kappa shape index (κ2) is 10.3. The number of ether oxygens (including phenoxy) is 2. The number of methoxy groups -OCH3 is 1. The normalized spacial score (nSPS) is 10.7. The summed E-state index contributed by atoms with van der Waals surface area (Å²) in [6.07, 6.45) is 0. The van der Waals surface area contributed by atoms with Crippen molar-refractivity contribution in [1.82, 2.24) is 14.8 Å². The van der Waals surface area contributed by atoms with E-state index >= 15 is 0 Å². The van der Waals surface area contributed by atoms with E-state index in [1.807, 2.05) is 11.5 Å². The number of amides is 1. The molecule has 0 aliphatic carbocycles. The molecule has 0 aliphatic rings. The van der Waals surface area contributed by atoms with Crippen molar-refractivity contribution < 1.29 is 18.7 Å². The molecule has 1 heterocycles. The summed E-state index contributed by atoms with van der Waals surface area (Å²) in [6, 6.07) is 11.0. The molecule has 1 N–H and O–H groups in total. The summed E-state index contributed by atoms with van der Waals surface area (Å²) in [6.45, 7) is 2.66. The van der Waals surface area contributed by atoms with Gasteiger partial charge >= 0.3 is 0 Å². The number of nitrogens with zero attached hydrogens (tertiary/aromatic N) is 3. The average Bonchev–Trinajstić information content (AvgIpc) is 3.14. The van der Waals surface area contributed by atoms with Gasteiger partial charge in [0.15, 0.2) is 11.0 Å². The molecule has 0 radical (unpaired) electrons. The second-order valence-corrected chi connectivity index (χ2v) is 7.42. The minimum Gasteiger partial charge on any atom is -0.497 e. The monoisotopic (exact) mass is 450 g/mol. The van der Waals surface area contributed by atoms with Gasteiger partial charge in [0.1, 0.15) is 23.9 Å². The van der Waals surface area contributed by atoms with Crippen molar-refractivity contribution in [2.75, 3.05) is 18.2 Å². The Kier molecular flexibility index (Phi) is 7.53. The van der Waals surface area contributed by atoms with Crippen molar-refractivity contribution in [3.63, 3.8) is 0 Å². The number of thioether (sulfide) groups is 1. The molecule has 0 atom stereocenters. The molecule has 1 amide bonds. The van der Waals surface area contributed by atoms with Crippen LogP contribution in [0.1, 0.15) is 12.7 Å². The van der Waals surface area contributed by atoms with Crippen LogP contribution in [0.3, 0.4) is 0 Å². The molecule has 0 saturated carbocycles. The van der Waals surface area contributed by atoms with E-state index < -0.39 is 5.82 Å². The molecule has 0 bridgehead atoms. The van der Waals surface area contributed by atoms with Crippen LogP contribution in [0.5, 0.6) is 11.5 Å². The predicted molar refractivity (Wildman–Crippen MR) is 114 cm³/mol. The number of carbonyl (C=O) groups excluding carboxylic acids is 1. The maximum Gasteiger partial charge on any atom is 0.234 e. The van der Waals surface area contributed by atoms with Crippen molar-refractivity contribution in [3.8, 4) is 11.5 Å². The van der Waals surface area contributed by atoms with Gasteiger partial charge in [-0.2, -0.15) is 0 Å². The Morgan fingerprint density at radius 3 is 2.67 bits per heavy atom. The molecule has 0 fully saturated rings. The minimum atomic E-state index is -0.435. The van der Waals surface area contributed by atoms with Gasteiger partial charge in [-0.25, -0.2) is 4.39 Å². The van der Waals surface area contributed by atoms with Crippen LogP contribution >= 0.6 is 23.4 Å². The van der Waals surface area contributed by atoms with Crippen LogP contribution in [0.25, 0.3) is 0 Å². The third kappa shape index (κ3) is 5.64. The van der Waals surface area contributed by atoms with Gasteiger partial charge in [0.05, 0.1) is 17.9 Å². The van der Waals surface area contributed by atoms with Gasteiger partial charge in [0.25, 0.3) is 0 Å². The Morgan fingerprint density at radius 1 is 1.23 bits per heavy atom. The number of aromatic nitrogens is 3. The number of carbonyl (C=O) groups is 1. The number of hydrogen-bond acceptors (Lipinski definition) is 6. The topological polar surface area (TPSA) is 78.3 Å². The van der Waals surface area contributed by atoms with Crippen LogP contribution in [0, 0.1) is 5.82 Å². The highest BCUT2D eigenvalue weighted by atomic mass is 35.5. The zero-order chi connectivity index (χ0) is 21.5. The molecule has 2 aromatic carbocycles. The SMILES string of the molecule is CCn1c(COc2ccc(F)cc2Cl)nnc1SCC(=O)Nc1ccc(OC)cc1. The predicted octanol–water partition coefficient (Wildman–Crippen LogP) is 4.41. The Morgan fingerprint density at radius 2 is 2.00 bits per heavy atom. The largest absolute Gasteiger partial charge is 0.497 e. The quantitative estimate of drug-likeness (QED) is 0.486. The zero-order valence-electron chi connectivity index (χ0n) is 16.4. The molecule has 0 spiro atoms. The van der Waals surface area contributed by atoms with Crippen LogP contribution in [0.4, 0.5) is 10.1 Å². The summed E-state index contributed by atoms with van der Waals surface area (Å²) in [7, 11) is 1.58. The first-order chi connectivity index (χ1) is 14.5. The van der Waals surface area contributed by atoms with Crippen molar-refractivity contribution in [2.45, 2.75) is 25.2 Å². The molecule has 1 aromatic heterocycles. The van der Waals surface area contributed by atoms with E-state index in [0.717, 1.165) is 5.75 Å². The molecule has 7 nitrogen and oxygen atoms in total. The Balaban J connectivity index is 1.57. The lowest BCUT2D eigenvalue weighted by Crippen LogP contribution is -2.15. The van der Waals surface area contributed by atoms with Gasteiger partial charge in [-0.15, -0.1) is 10.2 Å². The Bertz CT molecular complexity index is 1010. The summed E-state index contributed by atoms with van der Waals surface area (Å²) < 4.78 is 25.7. The van der Waals surface area contributed by atoms with E-state index in [9.17, 15) is 9.18 Å². The Hall–Kier alpha value is -2.78. The summed E-state index contributed by atoms with van der Waals surface area (Å²) in [5, 5.41) is 11.9. The van der Waals surface area contributed by atoms with Crippen molar-refractivity contribution >= 4 is 35.0 Å². The molecule has 3 aromatic rings. The number of halogens is 2. The van der Waals surface area contributed by atoms with Gasteiger partial charge < -0.3 is 19.4 Å². The van der Waals surface area contributed by atoms with Gasteiger partial charge in [-0.1, -0.05) is 23.4 Å². The van der Waals surface area contributed by atoms with Crippen molar-refractivity contribution in [3.05, 3.63) is 59.1 Å². The molecular weight excluding hydrogens is 431 g/mol. The van der Waals surface area contributed by atoms with Gasteiger partial charge in [-0.05, 0) is 49.4 Å². The van der Waals surface area contributed by atoms with Gasteiger partial charge in [-0.3, -0.25) is 4.79 Å². The fourth-order valence-corrected chi connectivity index (χ4v) is 3.63. The number of nitrogens with one attached hydrogen (secondary N) is 1. The third-order valence-electron chi connectivity index (χ3n) is 4.07. The number of hydrogen-bond donors (Lipinski definition) is 1. The highest BCUT2D eigenvalue weighted by Gasteiger charge is 2.14. The smallest absolute Gasteiger partial charge is 0.234 e. The minimum absolute atomic E-state index is 0.116. The van der Waals surface area contributed by atoms with Crippen molar-refractivity contribution in [2.24, 2.45) is 0 Å². The molecule has 0 aliphatic heterocycles. The standard InChI is InChI=1S/C20H20ClFN4O3S/c1-3-26-18(11-29-17-9-4-13(22)10-16(17)21)24-25-20(26)30-12-19(27)23-14-5-7-15(28-2)8-6-14/h4-10H,3,11-12H2,1-2H3,(H,23,27). The van der Waals surface area contributed by atoms with E-state index in [1.54, 1.807) is 31.4 Å². The summed E-state index contributed by atoms with van der Waals surface area (Å²) in [4.78, 5) is 12.2. The lowest BCUT2D eigenvalue weighted by molar-refractivity contribution is -0.113.